The maximum atomic E-state index is 9.59. The average Bonchev–Trinajstić information content (AvgIpc) is 3.13. The fraction of sp³-hybridized carbons (Fsp3) is 0.667. The number of aromatic hydroxyl groups is 1. The highest BCUT2D eigenvalue weighted by molar-refractivity contribution is 5.40. The summed E-state index contributed by atoms with van der Waals surface area (Å²) < 4.78 is 0. The summed E-state index contributed by atoms with van der Waals surface area (Å²) in [6.07, 6.45) is 8.19. The molecule has 108 valence electrons. The van der Waals surface area contributed by atoms with E-state index in [9.17, 15) is 5.11 Å². The van der Waals surface area contributed by atoms with Crippen molar-refractivity contribution < 1.29 is 5.11 Å². The lowest BCUT2D eigenvalue weighted by molar-refractivity contribution is 0.245. The quantitative estimate of drug-likeness (QED) is 0.876. The zero-order chi connectivity index (χ0) is 13.7. The molecule has 1 aromatic carbocycles. The van der Waals surface area contributed by atoms with Crippen molar-refractivity contribution >= 4 is 0 Å². The molecule has 5 unspecified atom stereocenters. The second-order valence-electron chi connectivity index (χ2n) is 7.27. The Labute approximate surface area is 121 Å². The van der Waals surface area contributed by atoms with E-state index >= 15 is 0 Å². The minimum atomic E-state index is 0.408. The number of fused-ring (bicyclic) bond motifs is 3. The number of hydrogen-bond acceptors (Lipinski definition) is 2. The molecule has 1 aromatic rings. The normalized spacial score (nSPS) is 36.2. The van der Waals surface area contributed by atoms with E-state index in [0.29, 0.717) is 17.8 Å². The summed E-state index contributed by atoms with van der Waals surface area (Å²) in [4.78, 5) is 0. The van der Waals surface area contributed by atoms with Gasteiger partial charge in [0, 0.05) is 12.1 Å². The molecule has 3 aliphatic rings. The Morgan fingerprint density at radius 1 is 1.20 bits per heavy atom. The molecule has 5 atom stereocenters. The molecule has 0 amide bonds. The van der Waals surface area contributed by atoms with E-state index in [4.69, 9.17) is 0 Å². The predicted octanol–water partition coefficient (Wildman–Crippen LogP) is 3.79. The van der Waals surface area contributed by atoms with Crippen LogP contribution in [0, 0.1) is 17.8 Å². The molecule has 2 nitrogen and oxygen atoms in total. The third-order valence-electron chi connectivity index (χ3n) is 6.10. The molecular weight excluding hydrogens is 246 g/mol. The van der Waals surface area contributed by atoms with Crippen LogP contribution in [0.5, 0.6) is 5.75 Å². The highest BCUT2D eigenvalue weighted by Crippen LogP contribution is 2.50. The Balaban J connectivity index is 1.46. The zero-order valence-electron chi connectivity index (χ0n) is 12.3. The van der Waals surface area contributed by atoms with Crippen molar-refractivity contribution in [2.45, 2.75) is 57.5 Å². The van der Waals surface area contributed by atoms with E-state index in [0.717, 1.165) is 24.2 Å². The molecule has 0 radical (unpaired) electrons. The molecule has 0 spiro atoms. The minimum absolute atomic E-state index is 0.408. The zero-order valence-corrected chi connectivity index (χ0v) is 12.3. The number of aryl methyl sites for hydroxylation is 1. The Hall–Kier alpha value is -1.02. The first-order valence-electron chi connectivity index (χ1n) is 8.28. The Bertz CT molecular complexity index is 512. The monoisotopic (exact) mass is 271 g/mol. The van der Waals surface area contributed by atoms with E-state index in [-0.39, 0.29) is 0 Å². The van der Waals surface area contributed by atoms with Gasteiger partial charge in [-0.15, -0.1) is 0 Å². The smallest absolute Gasteiger partial charge is 0.115 e. The summed E-state index contributed by atoms with van der Waals surface area (Å²) in [6, 6.07) is 7.03. The fourth-order valence-corrected chi connectivity index (χ4v) is 5.12. The number of phenolic OH excluding ortho intramolecular Hbond substituents is 1. The standard InChI is InChI=1S/C18H25NO/c1-11(17-9-12-2-3-13(17)8-12)19-18-7-4-14-10-15(20)5-6-16(14)18/h5-6,10-13,17-20H,2-4,7-9H2,1H3. The van der Waals surface area contributed by atoms with Gasteiger partial charge in [0.05, 0.1) is 0 Å². The number of phenols is 1. The third kappa shape index (κ3) is 2.05. The van der Waals surface area contributed by atoms with Crippen LogP contribution in [0.15, 0.2) is 18.2 Å². The van der Waals surface area contributed by atoms with Crippen molar-refractivity contribution in [2.75, 3.05) is 0 Å². The van der Waals surface area contributed by atoms with Gasteiger partial charge in [-0.05, 0) is 80.0 Å². The topological polar surface area (TPSA) is 32.3 Å². The second kappa shape index (κ2) is 4.77. The van der Waals surface area contributed by atoms with E-state index in [1.807, 2.05) is 12.1 Å². The van der Waals surface area contributed by atoms with Crippen molar-refractivity contribution in [2.24, 2.45) is 17.8 Å². The lowest BCUT2D eigenvalue weighted by atomic mass is 9.83. The molecule has 0 heterocycles. The molecule has 0 saturated heterocycles. The van der Waals surface area contributed by atoms with E-state index < -0.39 is 0 Å². The maximum Gasteiger partial charge on any atom is 0.115 e. The van der Waals surface area contributed by atoms with Crippen molar-refractivity contribution in [1.82, 2.24) is 5.32 Å². The first-order valence-corrected chi connectivity index (χ1v) is 8.28. The van der Waals surface area contributed by atoms with Gasteiger partial charge in [0.15, 0.2) is 0 Å². The largest absolute Gasteiger partial charge is 0.508 e. The summed E-state index contributed by atoms with van der Waals surface area (Å²) >= 11 is 0. The molecule has 2 heteroatoms. The predicted molar refractivity (Wildman–Crippen MR) is 80.7 cm³/mol. The van der Waals surface area contributed by atoms with Crippen molar-refractivity contribution in [3.05, 3.63) is 29.3 Å². The summed E-state index contributed by atoms with van der Waals surface area (Å²) in [5.74, 6) is 3.32. The van der Waals surface area contributed by atoms with Gasteiger partial charge in [0.1, 0.15) is 5.75 Å². The molecule has 0 aromatic heterocycles. The van der Waals surface area contributed by atoms with Gasteiger partial charge < -0.3 is 10.4 Å². The van der Waals surface area contributed by atoms with Crippen LogP contribution in [0.4, 0.5) is 0 Å². The molecule has 4 rings (SSSR count). The minimum Gasteiger partial charge on any atom is -0.508 e. The first-order chi connectivity index (χ1) is 9.70. The van der Waals surface area contributed by atoms with Gasteiger partial charge in [-0.1, -0.05) is 12.5 Å². The fourth-order valence-electron chi connectivity index (χ4n) is 5.12. The average molecular weight is 271 g/mol. The van der Waals surface area contributed by atoms with Gasteiger partial charge in [0.2, 0.25) is 0 Å². The van der Waals surface area contributed by atoms with Gasteiger partial charge in [-0.25, -0.2) is 0 Å². The van der Waals surface area contributed by atoms with Crippen molar-refractivity contribution in [3.63, 3.8) is 0 Å². The molecule has 2 bridgehead atoms. The van der Waals surface area contributed by atoms with Gasteiger partial charge in [0.25, 0.3) is 0 Å². The molecule has 20 heavy (non-hydrogen) atoms. The Morgan fingerprint density at radius 2 is 2.10 bits per heavy atom. The molecule has 3 aliphatic carbocycles. The molecule has 2 fully saturated rings. The Morgan fingerprint density at radius 3 is 2.85 bits per heavy atom. The summed E-state index contributed by atoms with van der Waals surface area (Å²) in [7, 11) is 0. The van der Waals surface area contributed by atoms with Crippen LogP contribution in [0.3, 0.4) is 0 Å². The van der Waals surface area contributed by atoms with Crippen LogP contribution in [0.1, 0.15) is 56.2 Å². The summed E-state index contributed by atoms with van der Waals surface area (Å²) in [6.45, 7) is 2.39. The van der Waals surface area contributed by atoms with Gasteiger partial charge in [-0.2, -0.15) is 0 Å². The first kappa shape index (κ1) is 12.7. The van der Waals surface area contributed by atoms with E-state index in [2.05, 4.69) is 18.3 Å². The molecule has 0 aliphatic heterocycles. The SMILES string of the molecule is CC(NC1CCc2cc(O)ccc21)C1CC2CCC1C2. The van der Waals surface area contributed by atoms with Gasteiger partial charge in [-0.3, -0.25) is 0 Å². The highest BCUT2D eigenvalue weighted by atomic mass is 16.3. The number of hydrogen-bond donors (Lipinski definition) is 2. The third-order valence-corrected chi connectivity index (χ3v) is 6.10. The van der Waals surface area contributed by atoms with Gasteiger partial charge >= 0.3 is 0 Å². The van der Waals surface area contributed by atoms with Crippen LogP contribution < -0.4 is 5.32 Å². The molecule has 2 saturated carbocycles. The lowest BCUT2D eigenvalue weighted by Gasteiger charge is -2.31. The lowest BCUT2D eigenvalue weighted by Crippen LogP contribution is -2.38. The van der Waals surface area contributed by atoms with Crippen LogP contribution in [0.25, 0.3) is 0 Å². The number of rotatable bonds is 3. The van der Waals surface area contributed by atoms with E-state index in [1.165, 1.54) is 43.2 Å². The van der Waals surface area contributed by atoms with Crippen molar-refractivity contribution in [3.8, 4) is 5.75 Å². The maximum absolute atomic E-state index is 9.59. The van der Waals surface area contributed by atoms with Crippen molar-refractivity contribution in [1.29, 1.82) is 0 Å². The molecular formula is C18H25NO. The van der Waals surface area contributed by atoms with Crippen LogP contribution in [-0.4, -0.2) is 11.1 Å². The number of nitrogens with one attached hydrogen (secondary N) is 1. The summed E-state index contributed by atoms with van der Waals surface area (Å²) in [5.41, 5.74) is 2.75. The summed E-state index contributed by atoms with van der Waals surface area (Å²) in [5, 5.41) is 13.5. The highest BCUT2D eigenvalue weighted by Gasteiger charge is 2.42. The van der Waals surface area contributed by atoms with Crippen LogP contribution in [-0.2, 0) is 6.42 Å². The second-order valence-corrected chi connectivity index (χ2v) is 7.27. The van der Waals surface area contributed by atoms with Crippen LogP contribution >= 0.6 is 0 Å². The van der Waals surface area contributed by atoms with E-state index in [1.54, 1.807) is 0 Å². The molecule has 2 N–H and O–H groups in total. The number of benzene rings is 1. The van der Waals surface area contributed by atoms with Crippen LogP contribution in [0.2, 0.25) is 0 Å². The Kier molecular flexibility index (Phi) is 3.03.